The fourth-order valence-corrected chi connectivity index (χ4v) is 2.63. The van der Waals surface area contributed by atoms with E-state index in [0.29, 0.717) is 6.10 Å². The van der Waals surface area contributed by atoms with Gasteiger partial charge in [0.1, 0.15) is 0 Å². The van der Waals surface area contributed by atoms with Crippen LogP contribution in [0.25, 0.3) is 0 Å². The van der Waals surface area contributed by atoms with E-state index < -0.39 is 0 Å². The van der Waals surface area contributed by atoms with Crippen molar-refractivity contribution in [2.45, 2.75) is 52.1 Å². The Morgan fingerprint density at radius 1 is 1.29 bits per heavy atom. The average molecular weight is 242 g/mol. The molecule has 1 heterocycles. The van der Waals surface area contributed by atoms with Crippen molar-refractivity contribution in [1.29, 1.82) is 0 Å². The van der Waals surface area contributed by atoms with Crippen LogP contribution >= 0.6 is 0 Å². The summed E-state index contributed by atoms with van der Waals surface area (Å²) in [4.78, 5) is 2.59. The van der Waals surface area contributed by atoms with E-state index in [-0.39, 0.29) is 0 Å². The molecule has 1 fully saturated rings. The molecule has 0 aromatic heterocycles. The van der Waals surface area contributed by atoms with E-state index in [0.717, 1.165) is 19.1 Å². The Labute approximate surface area is 107 Å². The van der Waals surface area contributed by atoms with Gasteiger partial charge in [0.2, 0.25) is 0 Å². The summed E-state index contributed by atoms with van der Waals surface area (Å²) in [6.45, 7) is 9.79. The van der Waals surface area contributed by atoms with E-state index in [1.807, 2.05) is 0 Å². The lowest BCUT2D eigenvalue weighted by molar-refractivity contribution is 0.0138. The quantitative estimate of drug-likeness (QED) is 0.709. The van der Waals surface area contributed by atoms with Gasteiger partial charge in [-0.3, -0.25) is 0 Å². The first-order valence-electron chi connectivity index (χ1n) is 7.30. The zero-order valence-corrected chi connectivity index (χ0v) is 11.7. The molecule has 2 N–H and O–H groups in total. The molecule has 1 aliphatic rings. The Morgan fingerprint density at radius 3 is 2.59 bits per heavy atom. The molecule has 3 nitrogen and oxygen atoms in total. The summed E-state index contributed by atoms with van der Waals surface area (Å²) in [7, 11) is 0. The third-order valence-electron chi connectivity index (χ3n) is 3.77. The molecule has 1 unspecified atom stereocenters. The van der Waals surface area contributed by atoms with Crippen molar-refractivity contribution >= 4 is 0 Å². The van der Waals surface area contributed by atoms with Gasteiger partial charge in [-0.25, -0.2) is 0 Å². The molecular formula is C14H30N2O. The first kappa shape index (κ1) is 14.9. The van der Waals surface area contributed by atoms with Gasteiger partial charge in [-0.1, -0.05) is 6.92 Å². The average Bonchev–Trinajstić information content (AvgIpc) is 2.32. The van der Waals surface area contributed by atoms with Crippen LogP contribution in [0, 0.1) is 5.92 Å². The maximum atomic E-state index is 5.67. The van der Waals surface area contributed by atoms with Crippen LogP contribution in [0.2, 0.25) is 0 Å². The minimum absolute atomic E-state index is 0.521. The Balaban J connectivity index is 2.02. The number of ether oxygens (including phenoxy) is 1. The van der Waals surface area contributed by atoms with Gasteiger partial charge in [-0.15, -0.1) is 0 Å². The number of nitrogens with two attached hydrogens (primary N) is 1. The Bertz CT molecular complexity index is 179. The van der Waals surface area contributed by atoms with Gasteiger partial charge >= 0.3 is 0 Å². The number of hydrogen-bond acceptors (Lipinski definition) is 3. The predicted octanol–water partition coefficient (Wildman–Crippen LogP) is 2.25. The molecule has 102 valence electrons. The van der Waals surface area contributed by atoms with Gasteiger partial charge in [0, 0.05) is 19.7 Å². The van der Waals surface area contributed by atoms with Crippen LogP contribution in [-0.2, 0) is 4.74 Å². The highest BCUT2D eigenvalue weighted by atomic mass is 16.5. The molecule has 17 heavy (non-hydrogen) atoms. The predicted molar refractivity (Wildman–Crippen MR) is 73.2 cm³/mol. The summed E-state index contributed by atoms with van der Waals surface area (Å²) in [6.07, 6.45) is 6.76. The molecule has 1 aliphatic heterocycles. The molecule has 0 spiro atoms. The minimum atomic E-state index is 0.521. The van der Waals surface area contributed by atoms with Crippen LogP contribution in [0.3, 0.4) is 0 Å². The highest BCUT2D eigenvalue weighted by Gasteiger charge is 2.18. The second kappa shape index (κ2) is 8.90. The monoisotopic (exact) mass is 242 g/mol. The summed E-state index contributed by atoms with van der Waals surface area (Å²) < 4.78 is 5.67. The molecule has 1 atom stereocenters. The molecule has 0 saturated carbocycles. The van der Waals surface area contributed by atoms with Crippen molar-refractivity contribution in [2.24, 2.45) is 11.7 Å². The first-order chi connectivity index (χ1) is 8.26. The van der Waals surface area contributed by atoms with Crippen LogP contribution in [-0.4, -0.2) is 43.8 Å². The normalized spacial score (nSPS) is 20.6. The summed E-state index contributed by atoms with van der Waals surface area (Å²) in [5.41, 5.74) is 5.56. The van der Waals surface area contributed by atoms with Crippen LogP contribution in [0.15, 0.2) is 0 Å². The van der Waals surface area contributed by atoms with E-state index in [1.165, 1.54) is 51.7 Å². The van der Waals surface area contributed by atoms with Crippen molar-refractivity contribution in [2.75, 3.05) is 32.8 Å². The van der Waals surface area contributed by atoms with Crippen LogP contribution < -0.4 is 5.73 Å². The second-order valence-electron chi connectivity index (χ2n) is 5.32. The molecule has 3 heteroatoms. The zero-order chi connectivity index (χ0) is 12.5. The smallest absolute Gasteiger partial charge is 0.0599 e. The van der Waals surface area contributed by atoms with Crippen molar-refractivity contribution in [1.82, 2.24) is 4.90 Å². The maximum absolute atomic E-state index is 5.67. The summed E-state index contributed by atoms with van der Waals surface area (Å²) in [5.74, 6) is 0.793. The van der Waals surface area contributed by atoms with Crippen LogP contribution in [0.1, 0.15) is 46.0 Å². The Hall–Kier alpha value is -0.120. The zero-order valence-electron chi connectivity index (χ0n) is 11.7. The highest BCUT2D eigenvalue weighted by Crippen LogP contribution is 2.15. The molecule has 1 saturated heterocycles. The number of piperidine rings is 1. The molecule has 0 aromatic carbocycles. The van der Waals surface area contributed by atoms with Crippen molar-refractivity contribution in [3.05, 3.63) is 0 Å². The maximum Gasteiger partial charge on any atom is 0.0599 e. The van der Waals surface area contributed by atoms with E-state index in [9.17, 15) is 0 Å². The summed E-state index contributed by atoms with van der Waals surface area (Å²) in [6, 6.07) is 0. The molecular weight excluding hydrogens is 212 g/mol. The topological polar surface area (TPSA) is 38.5 Å². The molecule has 0 aliphatic carbocycles. The fourth-order valence-electron chi connectivity index (χ4n) is 2.63. The van der Waals surface area contributed by atoms with Gasteiger partial charge in [0.25, 0.3) is 0 Å². The van der Waals surface area contributed by atoms with E-state index >= 15 is 0 Å². The third-order valence-corrected chi connectivity index (χ3v) is 3.77. The Morgan fingerprint density at radius 2 is 2.00 bits per heavy atom. The number of likely N-dealkylation sites (tertiary alicyclic amines) is 1. The van der Waals surface area contributed by atoms with Crippen LogP contribution in [0.5, 0.6) is 0 Å². The number of hydrogen-bond donors (Lipinski definition) is 1. The minimum Gasteiger partial charge on any atom is -0.378 e. The largest absolute Gasteiger partial charge is 0.378 e. The second-order valence-corrected chi connectivity index (χ2v) is 5.32. The lowest BCUT2D eigenvalue weighted by Gasteiger charge is -2.31. The van der Waals surface area contributed by atoms with Crippen molar-refractivity contribution in [3.8, 4) is 0 Å². The van der Waals surface area contributed by atoms with E-state index in [4.69, 9.17) is 10.5 Å². The van der Waals surface area contributed by atoms with E-state index in [1.54, 1.807) is 0 Å². The standard InChI is InChI=1S/C14H30N2O/c1-3-17-14-7-11-16(12-8-14)10-4-5-13(2)6-9-15/h13-14H,3-12,15H2,1-2H3. The van der Waals surface area contributed by atoms with Crippen molar-refractivity contribution in [3.63, 3.8) is 0 Å². The van der Waals surface area contributed by atoms with E-state index in [2.05, 4.69) is 18.7 Å². The van der Waals surface area contributed by atoms with Gasteiger partial charge in [-0.05, 0) is 58.0 Å². The third kappa shape index (κ3) is 6.39. The van der Waals surface area contributed by atoms with Gasteiger partial charge in [-0.2, -0.15) is 0 Å². The van der Waals surface area contributed by atoms with Crippen molar-refractivity contribution < 1.29 is 4.74 Å². The molecule has 0 amide bonds. The molecule has 0 bridgehead atoms. The first-order valence-corrected chi connectivity index (χ1v) is 7.30. The fraction of sp³-hybridized carbons (Fsp3) is 1.00. The van der Waals surface area contributed by atoms with Gasteiger partial charge in [0.05, 0.1) is 6.10 Å². The number of nitrogens with zero attached hydrogens (tertiary/aromatic N) is 1. The SMILES string of the molecule is CCOC1CCN(CCCC(C)CCN)CC1. The molecule has 1 rings (SSSR count). The summed E-state index contributed by atoms with van der Waals surface area (Å²) in [5, 5.41) is 0. The summed E-state index contributed by atoms with van der Waals surface area (Å²) >= 11 is 0. The lowest BCUT2D eigenvalue weighted by Crippen LogP contribution is -2.37. The molecule has 0 radical (unpaired) electrons. The van der Waals surface area contributed by atoms with Crippen LogP contribution in [0.4, 0.5) is 0 Å². The Kier molecular flexibility index (Phi) is 7.82. The van der Waals surface area contributed by atoms with Gasteiger partial charge in [0.15, 0.2) is 0 Å². The highest BCUT2D eigenvalue weighted by molar-refractivity contribution is 4.72. The molecule has 0 aromatic rings. The number of rotatable bonds is 8. The lowest BCUT2D eigenvalue weighted by atomic mass is 10.0. The van der Waals surface area contributed by atoms with Gasteiger partial charge < -0.3 is 15.4 Å².